The van der Waals surface area contributed by atoms with E-state index in [1.165, 1.54) is 4.88 Å². The molecule has 3 N–H and O–H groups in total. The molecule has 0 aliphatic carbocycles. The summed E-state index contributed by atoms with van der Waals surface area (Å²) in [7, 11) is 0. The van der Waals surface area contributed by atoms with Gasteiger partial charge in [0.1, 0.15) is 0 Å². The molecule has 3 nitrogen and oxygen atoms in total. The zero-order chi connectivity index (χ0) is 14.8. The van der Waals surface area contributed by atoms with E-state index in [1.807, 2.05) is 18.2 Å². The molecule has 0 radical (unpaired) electrons. The molecule has 1 aromatic carbocycles. The molecule has 3 aromatic rings. The summed E-state index contributed by atoms with van der Waals surface area (Å²) >= 11 is 8.82. The fourth-order valence-corrected chi connectivity index (χ4v) is 4.39. The van der Waals surface area contributed by atoms with Crippen LogP contribution in [-0.4, -0.2) is 4.98 Å². The zero-order valence-corrected chi connectivity index (χ0v) is 15.0. The third-order valence-corrected chi connectivity index (χ3v) is 5.55. The number of nitrogens with zero attached hydrogens (tertiary/aromatic N) is 1. The first-order valence-corrected chi connectivity index (χ1v) is 8.83. The molecule has 1 unspecified atom stereocenters. The van der Waals surface area contributed by atoms with E-state index in [4.69, 9.17) is 10.8 Å². The van der Waals surface area contributed by atoms with Gasteiger partial charge in [-0.15, -0.1) is 11.3 Å². The lowest BCUT2D eigenvalue weighted by Gasteiger charge is -2.17. The van der Waals surface area contributed by atoms with Crippen molar-refractivity contribution in [3.63, 3.8) is 0 Å². The Balaban J connectivity index is 1.97. The van der Waals surface area contributed by atoms with Gasteiger partial charge < -0.3 is 0 Å². The molecule has 108 valence electrons. The Morgan fingerprint density at radius 1 is 1.19 bits per heavy atom. The summed E-state index contributed by atoms with van der Waals surface area (Å²) in [5.41, 5.74) is 4.79. The summed E-state index contributed by atoms with van der Waals surface area (Å²) in [6, 6.07) is 14.3. The predicted octanol–water partition coefficient (Wildman–Crippen LogP) is 4.57. The fourth-order valence-electron chi connectivity index (χ4n) is 2.25. The predicted molar refractivity (Wildman–Crippen MR) is 95.2 cm³/mol. The molecule has 2 aromatic heterocycles. The van der Waals surface area contributed by atoms with E-state index < -0.39 is 0 Å². The van der Waals surface area contributed by atoms with Crippen molar-refractivity contribution in [3.05, 3.63) is 61.3 Å². The van der Waals surface area contributed by atoms with Crippen molar-refractivity contribution in [1.29, 1.82) is 0 Å². The number of rotatable bonds is 4. The Morgan fingerprint density at radius 3 is 2.71 bits per heavy atom. The molecule has 0 bridgehead atoms. The van der Waals surface area contributed by atoms with Gasteiger partial charge >= 0.3 is 0 Å². The van der Waals surface area contributed by atoms with Gasteiger partial charge in [0.25, 0.3) is 0 Å². The van der Waals surface area contributed by atoms with Gasteiger partial charge in [-0.25, -0.2) is 4.98 Å². The van der Waals surface area contributed by atoms with Crippen molar-refractivity contribution in [2.24, 2.45) is 5.84 Å². The molecule has 0 fully saturated rings. The Kier molecular flexibility index (Phi) is 4.71. The number of hydrogen-bond acceptors (Lipinski definition) is 4. The van der Waals surface area contributed by atoms with Crippen molar-refractivity contribution < 1.29 is 0 Å². The van der Waals surface area contributed by atoms with E-state index in [1.54, 1.807) is 11.3 Å². The van der Waals surface area contributed by atoms with Gasteiger partial charge in [-0.1, -0.05) is 18.2 Å². The van der Waals surface area contributed by atoms with Crippen LogP contribution < -0.4 is 11.3 Å². The minimum atomic E-state index is -0.0328. The number of thiophene rings is 1. The number of nitrogens with one attached hydrogen (secondary N) is 1. The Labute approximate surface area is 143 Å². The summed E-state index contributed by atoms with van der Waals surface area (Å²) in [6.45, 7) is 0. The quantitative estimate of drug-likeness (QED) is 0.474. The second kappa shape index (κ2) is 6.54. The van der Waals surface area contributed by atoms with Gasteiger partial charge in [0.05, 0.1) is 21.0 Å². The maximum Gasteiger partial charge on any atom is 0.0739 e. The summed E-state index contributed by atoms with van der Waals surface area (Å²) < 4.78 is 2.10. The van der Waals surface area contributed by atoms with E-state index in [-0.39, 0.29) is 6.04 Å². The number of aromatic nitrogens is 1. The van der Waals surface area contributed by atoms with Gasteiger partial charge in [-0.05, 0) is 56.1 Å². The number of hydrazine groups is 1. The molecule has 0 aliphatic heterocycles. The second-order valence-electron chi connectivity index (χ2n) is 4.68. The molecule has 2 heterocycles. The van der Waals surface area contributed by atoms with E-state index in [0.717, 1.165) is 31.3 Å². The van der Waals surface area contributed by atoms with E-state index in [0.29, 0.717) is 0 Å². The van der Waals surface area contributed by atoms with Crippen LogP contribution in [-0.2, 0) is 6.42 Å². The molecular formula is C15H13Br2N3S. The van der Waals surface area contributed by atoms with Gasteiger partial charge in [0.2, 0.25) is 0 Å². The number of hydrogen-bond donors (Lipinski definition) is 2. The number of halogens is 2. The second-order valence-corrected chi connectivity index (χ2v) is 8.08. The SMILES string of the molecule is NNC(Cc1ccc(Br)s1)c1nc2ccccc2cc1Br. The van der Waals surface area contributed by atoms with E-state index in [2.05, 4.69) is 61.6 Å². The van der Waals surface area contributed by atoms with Gasteiger partial charge in [-0.3, -0.25) is 11.3 Å². The van der Waals surface area contributed by atoms with Crippen LogP contribution in [0.1, 0.15) is 16.6 Å². The highest BCUT2D eigenvalue weighted by Gasteiger charge is 2.17. The van der Waals surface area contributed by atoms with Crippen molar-refractivity contribution in [2.45, 2.75) is 12.5 Å². The van der Waals surface area contributed by atoms with Crippen LogP contribution in [0, 0.1) is 0 Å². The lowest BCUT2D eigenvalue weighted by molar-refractivity contribution is 0.541. The minimum absolute atomic E-state index is 0.0328. The lowest BCUT2D eigenvalue weighted by atomic mass is 10.1. The van der Waals surface area contributed by atoms with Crippen LogP contribution in [0.15, 0.2) is 50.7 Å². The number of benzene rings is 1. The van der Waals surface area contributed by atoms with Crippen LogP contribution in [0.3, 0.4) is 0 Å². The summed E-state index contributed by atoms with van der Waals surface area (Å²) in [6.07, 6.45) is 0.802. The monoisotopic (exact) mass is 425 g/mol. The van der Waals surface area contributed by atoms with Crippen LogP contribution in [0.2, 0.25) is 0 Å². The number of para-hydroxylation sites is 1. The average molecular weight is 427 g/mol. The van der Waals surface area contributed by atoms with Crippen LogP contribution in [0.4, 0.5) is 0 Å². The molecule has 1 atom stereocenters. The summed E-state index contributed by atoms with van der Waals surface area (Å²) in [4.78, 5) is 6.01. The van der Waals surface area contributed by atoms with Crippen LogP contribution in [0.5, 0.6) is 0 Å². The third-order valence-electron chi connectivity index (χ3n) is 3.27. The molecular weight excluding hydrogens is 414 g/mol. The van der Waals surface area contributed by atoms with E-state index in [9.17, 15) is 0 Å². The normalized spacial score (nSPS) is 12.7. The summed E-state index contributed by atoms with van der Waals surface area (Å²) in [5, 5.41) is 1.11. The highest BCUT2D eigenvalue weighted by molar-refractivity contribution is 9.11. The standard InChI is InChI=1S/C15H13Br2N3S/c16-11-7-9-3-1-2-4-12(9)19-15(11)13(20-18)8-10-5-6-14(17)21-10/h1-7,13,20H,8,18H2. The highest BCUT2D eigenvalue weighted by atomic mass is 79.9. The summed E-state index contributed by atoms with van der Waals surface area (Å²) in [5.74, 6) is 5.75. The van der Waals surface area contributed by atoms with Crippen molar-refractivity contribution >= 4 is 54.1 Å². The van der Waals surface area contributed by atoms with Gasteiger partial charge in [0.15, 0.2) is 0 Å². The third kappa shape index (κ3) is 3.35. The van der Waals surface area contributed by atoms with Crippen molar-refractivity contribution in [2.75, 3.05) is 0 Å². The topological polar surface area (TPSA) is 50.9 Å². The van der Waals surface area contributed by atoms with E-state index >= 15 is 0 Å². The molecule has 0 spiro atoms. The first-order valence-electron chi connectivity index (χ1n) is 6.43. The fraction of sp³-hybridized carbons (Fsp3) is 0.133. The zero-order valence-electron chi connectivity index (χ0n) is 11.0. The molecule has 0 aliphatic rings. The molecule has 0 amide bonds. The maximum atomic E-state index is 5.75. The average Bonchev–Trinajstić information content (AvgIpc) is 2.89. The first kappa shape index (κ1) is 15.1. The Morgan fingerprint density at radius 2 is 2.00 bits per heavy atom. The number of pyridine rings is 1. The first-order chi connectivity index (χ1) is 10.2. The van der Waals surface area contributed by atoms with Crippen LogP contribution in [0.25, 0.3) is 10.9 Å². The Bertz CT molecular complexity index is 772. The molecule has 0 saturated heterocycles. The maximum absolute atomic E-state index is 5.75. The molecule has 21 heavy (non-hydrogen) atoms. The molecule has 0 saturated carbocycles. The highest BCUT2D eigenvalue weighted by Crippen LogP contribution is 2.30. The Hall–Kier alpha value is -0.790. The van der Waals surface area contributed by atoms with Gasteiger partial charge in [0, 0.05) is 21.2 Å². The molecule has 3 rings (SSSR count). The van der Waals surface area contributed by atoms with Crippen molar-refractivity contribution in [1.82, 2.24) is 10.4 Å². The van der Waals surface area contributed by atoms with Gasteiger partial charge in [-0.2, -0.15) is 0 Å². The smallest absolute Gasteiger partial charge is 0.0739 e. The van der Waals surface area contributed by atoms with Crippen molar-refractivity contribution in [3.8, 4) is 0 Å². The molecule has 6 heteroatoms. The number of nitrogens with two attached hydrogens (primary N) is 1. The minimum Gasteiger partial charge on any atom is -0.271 e. The largest absolute Gasteiger partial charge is 0.271 e. The number of fused-ring (bicyclic) bond motifs is 1. The lowest BCUT2D eigenvalue weighted by Crippen LogP contribution is -2.30. The van der Waals surface area contributed by atoms with Crippen LogP contribution >= 0.6 is 43.2 Å².